The van der Waals surface area contributed by atoms with Gasteiger partial charge in [-0.25, -0.2) is 0 Å². The summed E-state index contributed by atoms with van der Waals surface area (Å²) in [5, 5.41) is 0. The average Bonchev–Trinajstić information content (AvgIpc) is 0.811. The minimum absolute atomic E-state index is 0. The van der Waals surface area contributed by atoms with Gasteiger partial charge in [-0.2, -0.15) is 0 Å². The molecule has 0 aliphatic heterocycles. The third-order valence-electron chi connectivity index (χ3n) is 0. The van der Waals surface area contributed by atoms with Gasteiger partial charge < -0.3 is 0 Å². The predicted octanol–water partition coefficient (Wildman–Crippen LogP) is -6.25. The fraction of sp³-hybridized carbons (Fsp3) is 0. The molecule has 0 fully saturated rings. The molecule has 0 aromatic heterocycles. The summed E-state index contributed by atoms with van der Waals surface area (Å²) in [6.07, 6.45) is 0. The monoisotopic (exact) mass is 160 g/mol. The average molecular weight is 160 g/mol. The smallest absolute Gasteiger partial charge is 0.134 e. The molecule has 0 saturated heterocycles. The summed E-state index contributed by atoms with van der Waals surface area (Å²) < 4.78 is 8.70. The van der Waals surface area contributed by atoms with Crippen LogP contribution in [0.15, 0.2) is 0 Å². The molecule has 0 aromatic carbocycles. The van der Waals surface area contributed by atoms with Crippen molar-refractivity contribution in [3.8, 4) is 0 Å². The molecule has 6 heteroatoms. The van der Waals surface area contributed by atoms with E-state index in [4.69, 9.17) is 14.4 Å². The summed E-state index contributed by atoms with van der Waals surface area (Å²) in [6.45, 7) is 0. The molecular weight excluding hydrogens is 157 g/mol. The van der Waals surface area contributed by atoms with Gasteiger partial charge in [-0.3, -0.25) is 0 Å². The summed E-state index contributed by atoms with van der Waals surface area (Å²) in [5.41, 5.74) is 0. The van der Waals surface area contributed by atoms with Crippen molar-refractivity contribution < 1.29 is 119 Å². The van der Waals surface area contributed by atoms with Gasteiger partial charge in [0, 0.05) is 4.57 Å². The molecule has 0 heterocycles. The summed E-state index contributed by atoms with van der Waals surface area (Å²) in [4.78, 5) is 14.2. The van der Waals surface area contributed by atoms with Gasteiger partial charge in [-0.1, -0.05) is 0 Å². The van der Waals surface area contributed by atoms with Crippen molar-refractivity contribution >= 4 is 8.25 Å². The van der Waals surface area contributed by atoms with E-state index in [0.717, 1.165) is 0 Å². The van der Waals surface area contributed by atoms with Crippen LogP contribution in [0, 0.1) is 0 Å². The molecule has 0 aromatic rings. The molecule has 0 amide bonds. The Balaban J connectivity index is -0.0000000150. The minimum Gasteiger partial charge on any atom is -0.134 e. The van der Waals surface area contributed by atoms with Gasteiger partial charge >= 0.3 is 112 Å². The van der Waals surface area contributed by atoms with Crippen molar-refractivity contribution in [1.29, 1.82) is 0 Å². The third kappa shape index (κ3) is 26.6. The van der Waals surface area contributed by atoms with Crippen LogP contribution in [0.5, 0.6) is 0 Å². The molecule has 0 unspecified atom stereocenters. The van der Waals surface area contributed by atoms with Crippen molar-refractivity contribution in [3.63, 3.8) is 0 Å². The Morgan fingerprint density at radius 3 is 1.33 bits per heavy atom. The van der Waals surface area contributed by atoms with E-state index in [9.17, 15) is 0 Å². The molecular formula is H3K2O3P+4. The summed E-state index contributed by atoms with van der Waals surface area (Å²) >= 11 is 0. The largest absolute Gasteiger partial charge is 1.00 e. The molecule has 0 atom stereocenters. The van der Waals surface area contributed by atoms with Crippen molar-refractivity contribution in [2.75, 3.05) is 0 Å². The molecule has 0 bridgehead atoms. The fourth-order valence-electron chi connectivity index (χ4n) is 0. The zero-order chi connectivity index (χ0) is 3.58. The third-order valence-corrected chi connectivity index (χ3v) is 0. The van der Waals surface area contributed by atoms with Crippen molar-refractivity contribution in [2.24, 2.45) is 0 Å². The summed E-state index contributed by atoms with van der Waals surface area (Å²) in [7, 11) is -2.87. The van der Waals surface area contributed by atoms with Crippen LogP contribution in [0.3, 0.4) is 0 Å². The van der Waals surface area contributed by atoms with Crippen molar-refractivity contribution in [3.05, 3.63) is 0 Å². The second kappa shape index (κ2) is 11.1. The van der Waals surface area contributed by atoms with Crippen LogP contribution in [-0.4, -0.2) is 9.79 Å². The standard InChI is InChI=1S/2K.HO3P/c;;1-4(2)3/h;;(H-,1,2,3)/q2*+1;/p+2. The van der Waals surface area contributed by atoms with E-state index in [0.29, 0.717) is 0 Å². The Kier molecular flexibility index (Phi) is 30.0. The van der Waals surface area contributed by atoms with E-state index < -0.39 is 8.25 Å². The molecule has 0 aliphatic rings. The SMILES string of the molecule is O=[P+](O)O.[H+].[K+].[K+]. The van der Waals surface area contributed by atoms with E-state index in [1.165, 1.54) is 0 Å². The molecule has 3 nitrogen and oxygen atoms in total. The van der Waals surface area contributed by atoms with Crippen LogP contribution in [0.4, 0.5) is 0 Å². The van der Waals surface area contributed by atoms with Gasteiger partial charge in [0.25, 0.3) is 0 Å². The molecule has 24 valence electrons. The van der Waals surface area contributed by atoms with Crippen LogP contribution in [0.2, 0.25) is 0 Å². The zero-order valence-electron chi connectivity index (χ0n) is 4.75. The van der Waals surface area contributed by atoms with Crippen LogP contribution in [0.25, 0.3) is 0 Å². The molecule has 0 radical (unpaired) electrons. The van der Waals surface area contributed by atoms with E-state index in [1.807, 2.05) is 0 Å². The van der Waals surface area contributed by atoms with E-state index >= 15 is 0 Å². The van der Waals surface area contributed by atoms with Crippen LogP contribution in [0.1, 0.15) is 1.43 Å². The number of hydrogen-bond acceptors (Lipinski definition) is 1. The maximum Gasteiger partial charge on any atom is 1.00 e. The van der Waals surface area contributed by atoms with Crippen LogP contribution in [-0.2, 0) is 4.57 Å². The zero-order valence-corrected chi connectivity index (χ0v) is 10.9. The van der Waals surface area contributed by atoms with Crippen molar-refractivity contribution in [1.82, 2.24) is 0 Å². The Morgan fingerprint density at radius 2 is 1.33 bits per heavy atom. The minimum atomic E-state index is -2.87. The molecule has 0 spiro atoms. The Hall–Kier alpha value is 3.29. The van der Waals surface area contributed by atoms with Gasteiger partial charge in [0.05, 0.1) is 0 Å². The molecule has 0 rings (SSSR count). The Bertz CT molecular complexity index is 35.9. The quantitative estimate of drug-likeness (QED) is 0.274. The van der Waals surface area contributed by atoms with Gasteiger partial charge in [0.15, 0.2) is 0 Å². The topological polar surface area (TPSA) is 57.5 Å². The first kappa shape index (κ1) is 16.1. The molecule has 2 N–H and O–H groups in total. The Labute approximate surface area is 123 Å². The maximum absolute atomic E-state index is 8.70. The van der Waals surface area contributed by atoms with E-state index in [1.54, 1.807) is 0 Å². The van der Waals surface area contributed by atoms with Gasteiger partial charge in [-0.15, -0.1) is 9.79 Å². The second-order valence-electron chi connectivity index (χ2n) is 0.253. The van der Waals surface area contributed by atoms with Gasteiger partial charge in [-0.05, 0) is 0 Å². The Morgan fingerprint density at radius 1 is 1.33 bits per heavy atom. The second-order valence-corrected chi connectivity index (χ2v) is 0.758. The predicted molar refractivity (Wildman–Crippen MR) is 13.2 cm³/mol. The van der Waals surface area contributed by atoms with Gasteiger partial charge in [0.2, 0.25) is 0 Å². The molecule has 6 heavy (non-hydrogen) atoms. The first-order valence-corrected chi connectivity index (χ1v) is 1.75. The van der Waals surface area contributed by atoms with E-state index in [2.05, 4.69) is 0 Å². The first-order chi connectivity index (χ1) is 1.73. The van der Waals surface area contributed by atoms with Crippen LogP contribution >= 0.6 is 8.25 Å². The summed E-state index contributed by atoms with van der Waals surface area (Å²) in [6, 6.07) is 0. The first-order valence-electron chi connectivity index (χ1n) is 0.583. The molecule has 0 saturated carbocycles. The van der Waals surface area contributed by atoms with Crippen LogP contribution < -0.4 is 103 Å². The van der Waals surface area contributed by atoms with Crippen molar-refractivity contribution in [2.45, 2.75) is 0 Å². The van der Waals surface area contributed by atoms with E-state index in [-0.39, 0.29) is 104 Å². The summed E-state index contributed by atoms with van der Waals surface area (Å²) in [5.74, 6) is 0. The normalized spacial score (nSPS) is 4.33. The van der Waals surface area contributed by atoms with Gasteiger partial charge in [0.1, 0.15) is 0 Å². The number of hydrogen-bond donors (Lipinski definition) is 2. The molecule has 0 aliphatic carbocycles. The maximum atomic E-state index is 8.70. The number of rotatable bonds is 0. The fourth-order valence-corrected chi connectivity index (χ4v) is 0.